The Bertz CT molecular complexity index is 1330. The number of fused-ring (bicyclic) bond motifs is 1. The summed E-state index contributed by atoms with van der Waals surface area (Å²) >= 11 is 1.28. The van der Waals surface area contributed by atoms with Gasteiger partial charge >= 0.3 is 5.56 Å². The van der Waals surface area contributed by atoms with Crippen molar-refractivity contribution >= 4 is 23.2 Å². The van der Waals surface area contributed by atoms with E-state index in [0.717, 1.165) is 11.1 Å². The fourth-order valence-electron chi connectivity index (χ4n) is 3.23. The lowest BCUT2D eigenvalue weighted by Gasteiger charge is -2.11. The second-order valence-electron chi connectivity index (χ2n) is 7.27. The van der Waals surface area contributed by atoms with E-state index >= 15 is 0 Å². The van der Waals surface area contributed by atoms with Gasteiger partial charge < -0.3 is 4.74 Å². The normalized spacial score (nSPS) is 12.1. The van der Waals surface area contributed by atoms with Gasteiger partial charge in [0.2, 0.25) is 5.65 Å². The first-order chi connectivity index (χ1) is 14.9. The smallest absolute Gasteiger partial charge is 0.300 e. The topological polar surface area (TPSA) is 78.5 Å². The number of nitrogens with zero attached hydrogens (tertiary/aromatic N) is 4. The van der Waals surface area contributed by atoms with E-state index in [9.17, 15) is 9.59 Å². The average Bonchev–Trinajstić information content (AvgIpc) is 3.19. The van der Waals surface area contributed by atoms with Crippen LogP contribution in [0.5, 0.6) is 5.75 Å². The molecule has 2 aromatic heterocycles. The van der Waals surface area contributed by atoms with Gasteiger partial charge in [0.1, 0.15) is 5.75 Å². The van der Waals surface area contributed by atoms with E-state index in [4.69, 9.17) is 4.74 Å². The minimum atomic E-state index is -0.376. The van der Waals surface area contributed by atoms with Gasteiger partial charge in [0.05, 0.1) is 12.4 Å². The number of aryl methyl sites for hydroxylation is 2. The number of thioether (sulfide) groups is 1. The van der Waals surface area contributed by atoms with Crippen LogP contribution in [0.15, 0.2) is 64.8 Å². The summed E-state index contributed by atoms with van der Waals surface area (Å²) in [5, 5.41) is 8.35. The molecule has 0 bridgehead atoms. The number of ether oxygens (including phenoxy) is 1. The van der Waals surface area contributed by atoms with Crippen molar-refractivity contribution in [2.45, 2.75) is 31.2 Å². The molecule has 158 valence electrons. The monoisotopic (exact) mass is 434 g/mol. The highest BCUT2D eigenvalue weighted by molar-refractivity contribution is 8.00. The molecule has 31 heavy (non-hydrogen) atoms. The molecule has 0 N–H and O–H groups in total. The number of hydrogen-bond acceptors (Lipinski definition) is 6. The Labute approximate surface area is 183 Å². The maximum atomic E-state index is 12.9. The maximum absolute atomic E-state index is 12.9. The zero-order valence-electron chi connectivity index (χ0n) is 17.7. The van der Waals surface area contributed by atoms with Crippen LogP contribution in [0.3, 0.4) is 0 Å². The van der Waals surface area contributed by atoms with E-state index in [0.29, 0.717) is 22.2 Å². The summed E-state index contributed by atoms with van der Waals surface area (Å²) in [6.45, 7) is 5.84. The third kappa shape index (κ3) is 3.98. The summed E-state index contributed by atoms with van der Waals surface area (Å²) in [6.07, 6.45) is 3.40. The first-order valence-corrected chi connectivity index (χ1v) is 10.7. The van der Waals surface area contributed by atoms with Crippen molar-refractivity contribution in [3.05, 3.63) is 81.9 Å². The standard InChI is InChI=1S/C23H22N4O3S/c1-14-5-6-17(13-15(14)2)20(28)16(3)31-23-25-24-21-22(29)26(11-12-27(21)23)18-7-9-19(30-4)10-8-18/h5-13,16H,1-4H3/t16-/m1/s1. The molecule has 8 heteroatoms. The van der Waals surface area contributed by atoms with Gasteiger partial charge in [0.15, 0.2) is 10.9 Å². The molecule has 4 rings (SSSR count). The van der Waals surface area contributed by atoms with E-state index in [2.05, 4.69) is 10.2 Å². The number of carbonyl (C=O) groups is 1. The van der Waals surface area contributed by atoms with Gasteiger partial charge in [-0.3, -0.25) is 18.6 Å². The van der Waals surface area contributed by atoms with Crippen LogP contribution in [0.4, 0.5) is 0 Å². The fourth-order valence-corrected chi connectivity index (χ4v) is 4.14. The van der Waals surface area contributed by atoms with Gasteiger partial charge in [-0.2, -0.15) is 0 Å². The molecule has 0 aliphatic carbocycles. The third-order valence-electron chi connectivity index (χ3n) is 5.23. The number of carbonyl (C=O) groups excluding carboxylic acids is 1. The molecular weight excluding hydrogens is 412 g/mol. The van der Waals surface area contributed by atoms with Gasteiger partial charge in [0.25, 0.3) is 0 Å². The van der Waals surface area contributed by atoms with Gasteiger partial charge in [0, 0.05) is 23.6 Å². The largest absolute Gasteiger partial charge is 0.497 e. The Morgan fingerprint density at radius 3 is 2.45 bits per heavy atom. The number of hydrogen-bond donors (Lipinski definition) is 0. The number of methoxy groups -OCH3 is 1. The minimum absolute atomic E-state index is 0.0106. The Hall–Kier alpha value is -3.39. The molecular formula is C23H22N4O3S. The van der Waals surface area contributed by atoms with Crippen LogP contribution in [0.2, 0.25) is 0 Å². The van der Waals surface area contributed by atoms with Crippen LogP contribution < -0.4 is 10.3 Å². The van der Waals surface area contributed by atoms with Crippen LogP contribution in [0, 0.1) is 13.8 Å². The highest BCUT2D eigenvalue weighted by atomic mass is 32.2. The number of Topliss-reactive ketones (excluding diaryl/α,β-unsaturated/α-hetero) is 1. The molecule has 0 aliphatic heterocycles. The highest BCUT2D eigenvalue weighted by Crippen LogP contribution is 2.25. The van der Waals surface area contributed by atoms with Crippen LogP contribution in [-0.2, 0) is 0 Å². The number of aromatic nitrogens is 4. The SMILES string of the molecule is COc1ccc(-n2ccn3c(S[C@H](C)C(=O)c4ccc(C)c(C)c4)nnc3c2=O)cc1. The lowest BCUT2D eigenvalue weighted by Crippen LogP contribution is -2.20. The number of ketones is 1. The van der Waals surface area contributed by atoms with Crippen molar-refractivity contribution in [2.24, 2.45) is 0 Å². The van der Waals surface area contributed by atoms with Crippen molar-refractivity contribution < 1.29 is 9.53 Å². The van der Waals surface area contributed by atoms with Crippen LogP contribution >= 0.6 is 11.8 Å². The second kappa shape index (κ2) is 8.39. The molecule has 0 aliphatic rings. The summed E-state index contributed by atoms with van der Waals surface area (Å²) in [4.78, 5) is 25.8. The molecule has 2 aromatic carbocycles. The highest BCUT2D eigenvalue weighted by Gasteiger charge is 2.21. The van der Waals surface area contributed by atoms with Crippen molar-refractivity contribution in [1.29, 1.82) is 0 Å². The lowest BCUT2D eigenvalue weighted by atomic mass is 10.0. The Balaban J connectivity index is 1.61. The number of rotatable bonds is 6. The van der Waals surface area contributed by atoms with Crippen LogP contribution in [0.1, 0.15) is 28.4 Å². The summed E-state index contributed by atoms with van der Waals surface area (Å²) in [6, 6.07) is 12.9. The van der Waals surface area contributed by atoms with E-state index in [1.165, 1.54) is 16.3 Å². The van der Waals surface area contributed by atoms with Gasteiger partial charge in [-0.25, -0.2) is 0 Å². The van der Waals surface area contributed by atoms with Crippen LogP contribution in [-0.4, -0.2) is 37.3 Å². The second-order valence-corrected chi connectivity index (χ2v) is 8.58. The van der Waals surface area contributed by atoms with Crippen molar-refractivity contribution in [2.75, 3.05) is 7.11 Å². The molecule has 0 radical (unpaired) electrons. The summed E-state index contributed by atoms with van der Waals surface area (Å²) in [5.41, 5.74) is 3.50. The molecule has 0 saturated heterocycles. The van der Waals surface area contributed by atoms with Gasteiger partial charge in [-0.05, 0) is 62.2 Å². The fraction of sp³-hybridized carbons (Fsp3) is 0.217. The zero-order chi connectivity index (χ0) is 22.1. The summed E-state index contributed by atoms with van der Waals surface area (Å²) in [7, 11) is 1.59. The molecule has 0 fully saturated rings. The molecule has 4 aromatic rings. The van der Waals surface area contributed by atoms with Crippen molar-refractivity contribution in [3.8, 4) is 11.4 Å². The molecule has 0 spiro atoms. The summed E-state index contributed by atoms with van der Waals surface area (Å²) in [5.74, 6) is 0.720. The molecule has 0 saturated carbocycles. The molecule has 2 heterocycles. The van der Waals surface area contributed by atoms with Crippen molar-refractivity contribution in [3.63, 3.8) is 0 Å². The minimum Gasteiger partial charge on any atom is -0.497 e. The van der Waals surface area contributed by atoms with Crippen LogP contribution in [0.25, 0.3) is 11.3 Å². The lowest BCUT2D eigenvalue weighted by molar-refractivity contribution is 0.0993. The molecule has 1 atom stereocenters. The van der Waals surface area contributed by atoms with E-state index in [1.807, 2.05) is 39.0 Å². The molecule has 0 unspecified atom stereocenters. The summed E-state index contributed by atoms with van der Waals surface area (Å²) < 4.78 is 8.29. The Morgan fingerprint density at radius 2 is 1.77 bits per heavy atom. The first kappa shape index (κ1) is 20.9. The van der Waals surface area contributed by atoms with Crippen molar-refractivity contribution in [1.82, 2.24) is 19.2 Å². The molecule has 7 nitrogen and oxygen atoms in total. The van der Waals surface area contributed by atoms with E-state index in [-0.39, 0.29) is 22.2 Å². The van der Waals surface area contributed by atoms with Gasteiger partial charge in [-0.15, -0.1) is 10.2 Å². The molecule has 0 amide bonds. The quantitative estimate of drug-likeness (QED) is 0.339. The van der Waals surface area contributed by atoms with E-state index in [1.54, 1.807) is 48.2 Å². The Morgan fingerprint density at radius 1 is 1.03 bits per heavy atom. The average molecular weight is 435 g/mol. The first-order valence-electron chi connectivity index (χ1n) is 9.78. The predicted octanol–water partition coefficient (Wildman–Crippen LogP) is 3.87. The number of benzene rings is 2. The third-order valence-corrected chi connectivity index (χ3v) is 6.29. The predicted molar refractivity (Wildman–Crippen MR) is 121 cm³/mol. The Kier molecular flexibility index (Phi) is 5.65. The van der Waals surface area contributed by atoms with Gasteiger partial charge in [-0.1, -0.05) is 23.9 Å². The maximum Gasteiger partial charge on any atom is 0.300 e. The van der Waals surface area contributed by atoms with E-state index < -0.39 is 0 Å². The zero-order valence-corrected chi connectivity index (χ0v) is 18.5.